The largest absolute Gasteiger partial charge is 0.357 e. The molecule has 1 aromatic carbocycles. The molecule has 1 heterocycles. The van der Waals surface area contributed by atoms with Crippen LogP contribution in [0.15, 0.2) is 29.3 Å². The molecule has 2 N–H and O–H groups in total. The Bertz CT molecular complexity index is 526. The molecule has 0 saturated carbocycles. The minimum atomic E-state index is 0.740. The summed E-state index contributed by atoms with van der Waals surface area (Å²) in [5.41, 5.74) is 2.77. The van der Waals surface area contributed by atoms with Gasteiger partial charge >= 0.3 is 0 Å². The fourth-order valence-corrected chi connectivity index (χ4v) is 3.80. The molecule has 5 heteroatoms. The van der Waals surface area contributed by atoms with Gasteiger partial charge in [0, 0.05) is 19.6 Å². The molecule has 1 aliphatic heterocycles. The number of piperidine rings is 1. The molecular formula is C21H36N4S. The summed E-state index contributed by atoms with van der Waals surface area (Å²) in [6, 6.07) is 8.78. The van der Waals surface area contributed by atoms with Gasteiger partial charge in [-0.05, 0) is 68.8 Å². The molecule has 1 aliphatic rings. The zero-order valence-electron chi connectivity index (χ0n) is 16.6. The lowest BCUT2D eigenvalue weighted by Crippen LogP contribution is -2.37. The fraction of sp³-hybridized carbons (Fsp3) is 0.667. The molecule has 1 fully saturated rings. The van der Waals surface area contributed by atoms with Crippen molar-refractivity contribution in [3.63, 3.8) is 0 Å². The maximum atomic E-state index is 4.83. The van der Waals surface area contributed by atoms with Gasteiger partial charge in [0.1, 0.15) is 0 Å². The lowest BCUT2D eigenvalue weighted by Gasteiger charge is -2.27. The minimum Gasteiger partial charge on any atom is -0.357 e. The van der Waals surface area contributed by atoms with E-state index in [0.717, 1.165) is 32.1 Å². The Balaban J connectivity index is 1.90. The van der Waals surface area contributed by atoms with Crippen LogP contribution in [0.3, 0.4) is 0 Å². The number of benzene rings is 1. The number of nitrogens with zero attached hydrogens (tertiary/aromatic N) is 2. The highest BCUT2D eigenvalue weighted by atomic mass is 32.2. The van der Waals surface area contributed by atoms with Crippen LogP contribution < -0.4 is 10.6 Å². The number of guanidine groups is 1. The summed E-state index contributed by atoms with van der Waals surface area (Å²) in [6.07, 6.45) is 8.68. The van der Waals surface area contributed by atoms with Crippen LogP contribution in [0.5, 0.6) is 0 Å². The summed E-state index contributed by atoms with van der Waals surface area (Å²) in [6.45, 7) is 8.27. The second-order valence-corrected chi connectivity index (χ2v) is 7.91. The maximum absolute atomic E-state index is 4.83. The van der Waals surface area contributed by atoms with Crippen LogP contribution in [0, 0.1) is 0 Å². The molecule has 0 amide bonds. The van der Waals surface area contributed by atoms with Gasteiger partial charge in [0.25, 0.3) is 0 Å². The highest BCUT2D eigenvalue weighted by Crippen LogP contribution is 2.16. The average Bonchev–Trinajstić information content (AvgIpc) is 2.67. The Morgan fingerprint density at radius 3 is 2.58 bits per heavy atom. The van der Waals surface area contributed by atoms with Gasteiger partial charge in [-0.2, -0.15) is 11.8 Å². The van der Waals surface area contributed by atoms with E-state index in [4.69, 9.17) is 4.99 Å². The van der Waals surface area contributed by atoms with Gasteiger partial charge in [-0.1, -0.05) is 30.7 Å². The van der Waals surface area contributed by atoms with Gasteiger partial charge in [-0.3, -0.25) is 4.90 Å². The minimum absolute atomic E-state index is 0.740. The second kappa shape index (κ2) is 13.0. The number of aliphatic imine (C=N–C) groups is 1. The highest BCUT2D eigenvalue weighted by Gasteiger charge is 2.12. The van der Waals surface area contributed by atoms with Crippen molar-refractivity contribution in [1.82, 2.24) is 15.5 Å². The molecule has 0 atom stereocenters. The predicted octanol–water partition coefficient (Wildman–Crippen LogP) is 3.87. The fourth-order valence-electron chi connectivity index (χ4n) is 3.31. The van der Waals surface area contributed by atoms with Crippen LogP contribution in [-0.2, 0) is 13.1 Å². The number of likely N-dealkylation sites (tertiary alicyclic amines) is 1. The lowest BCUT2D eigenvalue weighted by atomic mass is 10.1. The zero-order valence-corrected chi connectivity index (χ0v) is 17.4. The van der Waals surface area contributed by atoms with E-state index in [9.17, 15) is 0 Å². The van der Waals surface area contributed by atoms with Crippen molar-refractivity contribution in [2.75, 3.05) is 38.2 Å². The van der Waals surface area contributed by atoms with Gasteiger partial charge in [-0.25, -0.2) is 4.99 Å². The van der Waals surface area contributed by atoms with E-state index in [1.54, 1.807) is 0 Å². The zero-order chi connectivity index (χ0) is 18.5. The quantitative estimate of drug-likeness (QED) is 0.369. The summed E-state index contributed by atoms with van der Waals surface area (Å²) in [5.74, 6) is 2.17. The van der Waals surface area contributed by atoms with Crippen LogP contribution in [0.1, 0.15) is 50.2 Å². The first-order chi connectivity index (χ1) is 12.8. The van der Waals surface area contributed by atoms with Crippen molar-refractivity contribution in [3.8, 4) is 0 Å². The van der Waals surface area contributed by atoms with E-state index >= 15 is 0 Å². The van der Waals surface area contributed by atoms with Crippen LogP contribution in [0.4, 0.5) is 0 Å². The summed E-state index contributed by atoms with van der Waals surface area (Å²) < 4.78 is 0. The first-order valence-electron chi connectivity index (χ1n) is 10.1. The molecule has 1 aromatic rings. The van der Waals surface area contributed by atoms with Gasteiger partial charge in [-0.15, -0.1) is 0 Å². The number of unbranched alkanes of at least 4 members (excludes halogenated alkanes) is 1. The van der Waals surface area contributed by atoms with Crippen molar-refractivity contribution in [3.05, 3.63) is 35.4 Å². The Morgan fingerprint density at radius 1 is 1.08 bits per heavy atom. The number of nitrogens with one attached hydrogen (secondary N) is 2. The first-order valence-corrected chi connectivity index (χ1v) is 11.5. The lowest BCUT2D eigenvalue weighted by molar-refractivity contribution is 0.220. The maximum Gasteiger partial charge on any atom is 0.191 e. The van der Waals surface area contributed by atoms with Crippen LogP contribution in [-0.4, -0.2) is 49.0 Å². The first kappa shape index (κ1) is 21.1. The predicted molar refractivity (Wildman–Crippen MR) is 116 cm³/mol. The smallest absolute Gasteiger partial charge is 0.191 e. The molecule has 146 valence electrons. The number of rotatable bonds is 10. The topological polar surface area (TPSA) is 39.7 Å². The Labute approximate surface area is 164 Å². The Kier molecular flexibility index (Phi) is 10.6. The Morgan fingerprint density at radius 2 is 1.85 bits per heavy atom. The molecule has 0 aliphatic carbocycles. The molecule has 26 heavy (non-hydrogen) atoms. The molecule has 0 radical (unpaired) electrons. The number of hydrogen-bond donors (Lipinski definition) is 2. The molecule has 2 rings (SSSR count). The van der Waals surface area contributed by atoms with E-state index in [-0.39, 0.29) is 0 Å². The van der Waals surface area contributed by atoms with Crippen LogP contribution >= 0.6 is 11.8 Å². The SMILES string of the molecule is CCNC(=NCc1ccccc1CN1CCCCC1)NCCCCSC. The van der Waals surface area contributed by atoms with Crippen LogP contribution in [0.25, 0.3) is 0 Å². The molecule has 1 saturated heterocycles. The van der Waals surface area contributed by atoms with E-state index in [0.29, 0.717) is 0 Å². The molecule has 0 spiro atoms. The molecule has 0 bridgehead atoms. The van der Waals surface area contributed by atoms with Crippen molar-refractivity contribution >= 4 is 17.7 Å². The molecule has 0 aromatic heterocycles. The van der Waals surface area contributed by atoms with Gasteiger partial charge < -0.3 is 10.6 Å². The third-order valence-electron chi connectivity index (χ3n) is 4.78. The number of hydrogen-bond acceptors (Lipinski definition) is 3. The Hall–Kier alpha value is -1.20. The molecule has 0 unspecified atom stereocenters. The summed E-state index contributed by atoms with van der Waals surface area (Å²) >= 11 is 1.92. The standard InChI is InChI=1S/C21H36N4S/c1-3-22-21(23-13-7-10-16-26-2)24-17-19-11-5-6-12-20(19)18-25-14-8-4-9-15-25/h5-6,11-12H,3-4,7-10,13-18H2,1-2H3,(H2,22,23,24). The third kappa shape index (κ3) is 8.00. The van der Waals surface area contributed by atoms with Crippen molar-refractivity contribution in [2.45, 2.75) is 52.1 Å². The van der Waals surface area contributed by atoms with Crippen molar-refractivity contribution < 1.29 is 0 Å². The average molecular weight is 377 g/mol. The monoisotopic (exact) mass is 376 g/mol. The normalized spacial score (nSPS) is 15.8. The highest BCUT2D eigenvalue weighted by molar-refractivity contribution is 7.98. The van der Waals surface area contributed by atoms with E-state index in [1.165, 1.54) is 62.1 Å². The third-order valence-corrected chi connectivity index (χ3v) is 5.48. The summed E-state index contributed by atoms with van der Waals surface area (Å²) in [7, 11) is 0. The van der Waals surface area contributed by atoms with E-state index in [1.807, 2.05) is 11.8 Å². The van der Waals surface area contributed by atoms with E-state index in [2.05, 4.69) is 53.0 Å². The second-order valence-electron chi connectivity index (χ2n) is 6.93. The van der Waals surface area contributed by atoms with Gasteiger partial charge in [0.05, 0.1) is 6.54 Å². The van der Waals surface area contributed by atoms with Crippen molar-refractivity contribution in [2.24, 2.45) is 4.99 Å². The van der Waals surface area contributed by atoms with Crippen molar-refractivity contribution in [1.29, 1.82) is 0 Å². The summed E-state index contributed by atoms with van der Waals surface area (Å²) in [4.78, 5) is 7.41. The van der Waals surface area contributed by atoms with Crippen LogP contribution in [0.2, 0.25) is 0 Å². The van der Waals surface area contributed by atoms with E-state index < -0.39 is 0 Å². The van der Waals surface area contributed by atoms with Gasteiger partial charge in [0.2, 0.25) is 0 Å². The summed E-state index contributed by atoms with van der Waals surface area (Å²) in [5, 5.41) is 6.84. The molecular weight excluding hydrogens is 340 g/mol. The van der Waals surface area contributed by atoms with Gasteiger partial charge in [0.15, 0.2) is 5.96 Å². The number of thioether (sulfide) groups is 1. The molecule has 4 nitrogen and oxygen atoms in total.